The standard InChI is InChI=1S/C14H30O2/c1-11(2,3)15-13(7,8)14(9,10)16-12(4,5)6/h1-10H3. The monoisotopic (exact) mass is 230 g/mol. The minimum atomic E-state index is -0.335. The fourth-order valence-electron chi connectivity index (χ4n) is 1.78. The first-order valence-corrected chi connectivity index (χ1v) is 6.07. The van der Waals surface area contributed by atoms with Gasteiger partial charge in [-0.2, -0.15) is 0 Å². The van der Waals surface area contributed by atoms with Crippen LogP contribution in [0.5, 0.6) is 0 Å². The van der Waals surface area contributed by atoms with Crippen LogP contribution in [0.25, 0.3) is 0 Å². The number of hydrogen-bond donors (Lipinski definition) is 0. The van der Waals surface area contributed by atoms with Crippen molar-refractivity contribution in [2.45, 2.75) is 91.6 Å². The smallest absolute Gasteiger partial charge is 0.0916 e. The minimum absolute atomic E-state index is 0.165. The van der Waals surface area contributed by atoms with Crippen molar-refractivity contribution in [1.82, 2.24) is 0 Å². The lowest BCUT2D eigenvalue weighted by Gasteiger charge is -2.47. The Balaban J connectivity index is 4.85. The summed E-state index contributed by atoms with van der Waals surface area (Å²) in [5.74, 6) is 0. The van der Waals surface area contributed by atoms with Gasteiger partial charge in [0.1, 0.15) is 0 Å². The van der Waals surface area contributed by atoms with Crippen molar-refractivity contribution < 1.29 is 9.47 Å². The van der Waals surface area contributed by atoms with Crippen LogP contribution in [0.4, 0.5) is 0 Å². The SMILES string of the molecule is CC(C)(C)OC(C)(C)C(C)(C)OC(C)(C)C. The van der Waals surface area contributed by atoms with E-state index in [1.165, 1.54) is 0 Å². The van der Waals surface area contributed by atoms with E-state index in [2.05, 4.69) is 69.2 Å². The lowest BCUT2D eigenvalue weighted by molar-refractivity contribution is -0.245. The van der Waals surface area contributed by atoms with Crippen molar-refractivity contribution in [3.05, 3.63) is 0 Å². The Morgan fingerprint density at radius 2 is 0.625 bits per heavy atom. The Hall–Kier alpha value is -0.0800. The van der Waals surface area contributed by atoms with Gasteiger partial charge in [0, 0.05) is 0 Å². The first-order chi connectivity index (χ1) is 6.66. The van der Waals surface area contributed by atoms with Crippen molar-refractivity contribution in [3.8, 4) is 0 Å². The summed E-state index contributed by atoms with van der Waals surface area (Å²) in [6, 6.07) is 0. The van der Waals surface area contributed by atoms with Gasteiger partial charge >= 0.3 is 0 Å². The molecule has 0 spiro atoms. The van der Waals surface area contributed by atoms with E-state index in [0.29, 0.717) is 0 Å². The van der Waals surface area contributed by atoms with E-state index in [0.717, 1.165) is 0 Å². The van der Waals surface area contributed by atoms with E-state index >= 15 is 0 Å². The fraction of sp³-hybridized carbons (Fsp3) is 1.00. The topological polar surface area (TPSA) is 18.5 Å². The first kappa shape index (κ1) is 15.9. The molecule has 0 aliphatic carbocycles. The summed E-state index contributed by atoms with van der Waals surface area (Å²) in [5.41, 5.74) is -0.999. The highest BCUT2D eigenvalue weighted by Gasteiger charge is 2.43. The summed E-state index contributed by atoms with van der Waals surface area (Å²) in [7, 11) is 0. The second kappa shape index (κ2) is 4.30. The van der Waals surface area contributed by atoms with Crippen molar-refractivity contribution >= 4 is 0 Å². The molecule has 0 aromatic heterocycles. The zero-order valence-corrected chi connectivity index (χ0v) is 12.8. The van der Waals surface area contributed by atoms with Gasteiger partial charge in [-0.05, 0) is 69.2 Å². The van der Waals surface area contributed by atoms with Crippen molar-refractivity contribution in [2.24, 2.45) is 0 Å². The summed E-state index contributed by atoms with van der Waals surface area (Å²) >= 11 is 0. The van der Waals surface area contributed by atoms with Gasteiger partial charge in [0.25, 0.3) is 0 Å². The van der Waals surface area contributed by atoms with Gasteiger partial charge < -0.3 is 9.47 Å². The van der Waals surface area contributed by atoms with E-state index in [-0.39, 0.29) is 22.4 Å². The fourth-order valence-corrected chi connectivity index (χ4v) is 1.78. The van der Waals surface area contributed by atoms with Crippen LogP contribution in [-0.2, 0) is 9.47 Å². The van der Waals surface area contributed by atoms with Crippen molar-refractivity contribution in [1.29, 1.82) is 0 Å². The van der Waals surface area contributed by atoms with Gasteiger partial charge in [0.2, 0.25) is 0 Å². The van der Waals surface area contributed by atoms with Gasteiger partial charge in [0.05, 0.1) is 22.4 Å². The van der Waals surface area contributed by atoms with Gasteiger partial charge in [-0.1, -0.05) is 0 Å². The minimum Gasteiger partial charge on any atom is -0.367 e. The van der Waals surface area contributed by atoms with Crippen LogP contribution in [0.1, 0.15) is 69.2 Å². The lowest BCUT2D eigenvalue weighted by Crippen LogP contribution is -2.55. The van der Waals surface area contributed by atoms with E-state index in [4.69, 9.17) is 9.47 Å². The van der Waals surface area contributed by atoms with Crippen molar-refractivity contribution in [2.75, 3.05) is 0 Å². The molecule has 0 aromatic carbocycles. The highest BCUT2D eigenvalue weighted by Crippen LogP contribution is 2.35. The third-order valence-corrected chi connectivity index (χ3v) is 2.57. The van der Waals surface area contributed by atoms with Crippen LogP contribution >= 0.6 is 0 Å². The van der Waals surface area contributed by atoms with Crippen LogP contribution in [0.15, 0.2) is 0 Å². The molecule has 2 heteroatoms. The Kier molecular flexibility index (Phi) is 4.28. The quantitative estimate of drug-likeness (QED) is 0.724. The van der Waals surface area contributed by atoms with Gasteiger partial charge in [0.15, 0.2) is 0 Å². The van der Waals surface area contributed by atoms with Crippen LogP contribution in [-0.4, -0.2) is 22.4 Å². The maximum absolute atomic E-state index is 6.11. The van der Waals surface area contributed by atoms with Crippen LogP contribution in [0.3, 0.4) is 0 Å². The molecule has 0 rings (SSSR count). The second-order valence-electron chi connectivity index (χ2n) is 7.45. The molecule has 0 saturated carbocycles. The zero-order valence-electron chi connectivity index (χ0n) is 12.8. The second-order valence-corrected chi connectivity index (χ2v) is 7.45. The molecule has 98 valence electrons. The van der Waals surface area contributed by atoms with E-state index < -0.39 is 0 Å². The van der Waals surface area contributed by atoms with Crippen molar-refractivity contribution in [3.63, 3.8) is 0 Å². The summed E-state index contributed by atoms with van der Waals surface area (Å²) < 4.78 is 12.2. The summed E-state index contributed by atoms with van der Waals surface area (Å²) in [6.45, 7) is 20.8. The lowest BCUT2D eigenvalue weighted by atomic mass is 9.87. The van der Waals surface area contributed by atoms with E-state index in [1.54, 1.807) is 0 Å². The number of ether oxygens (including phenoxy) is 2. The molecule has 0 aromatic rings. The Morgan fingerprint density at radius 1 is 0.438 bits per heavy atom. The molecule has 0 heterocycles. The van der Waals surface area contributed by atoms with Gasteiger partial charge in [-0.3, -0.25) is 0 Å². The first-order valence-electron chi connectivity index (χ1n) is 6.07. The average Bonchev–Trinajstić information content (AvgIpc) is 1.72. The molecule has 16 heavy (non-hydrogen) atoms. The third-order valence-electron chi connectivity index (χ3n) is 2.57. The normalized spacial score (nSPS) is 15.4. The van der Waals surface area contributed by atoms with Gasteiger partial charge in [-0.15, -0.1) is 0 Å². The summed E-state index contributed by atoms with van der Waals surface area (Å²) in [4.78, 5) is 0. The Morgan fingerprint density at radius 3 is 0.750 bits per heavy atom. The average molecular weight is 230 g/mol. The molecule has 0 radical (unpaired) electrons. The Bertz CT molecular complexity index is 200. The molecule has 0 atom stereocenters. The largest absolute Gasteiger partial charge is 0.367 e. The highest BCUT2D eigenvalue weighted by molar-refractivity contribution is 4.93. The number of hydrogen-bond acceptors (Lipinski definition) is 2. The third kappa shape index (κ3) is 5.31. The maximum atomic E-state index is 6.11. The number of rotatable bonds is 3. The molecule has 0 aliphatic rings. The predicted molar refractivity (Wildman–Crippen MR) is 69.8 cm³/mol. The maximum Gasteiger partial charge on any atom is 0.0916 e. The van der Waals surface area contributed by atoms with Gasteiger partial charge in [-0.25, -0.2) is 0 Å². The summed E-state index contributed by atoms with van der Waals surface area (Å²) in [6.07, 6.45) is 0. The molecule has 0 saturated heterocycles. The molecule has 0 N–H and O–H groups in total. The zero-order chi connectivity index (χ0) is 13.4. The molecule has 0 unspecified atom stereocenters. The molecule has 0 fully saturated rings. The molecule has 2 nitrogen and oxygen atoms in total. The van der Waals surface area contributed by atoms with E-state index in [9.17, 15) is 0 Å². The van der Waals surface area contributed by atoms with Crippen LogP contribution in [0.2, 0.25) is 0 Å². The molecular weight excluding hydrogens is 200 g/mol. The molecule has 0 amide bonds. The molecule has 0 bridgehead atoms. The van der Waals surface area contributed by atoms with Crippen LogP contribution < -0.4 is 0 Å². The predicted octanol–water partition coefficient (Wildman–Crippen LogP) is 4.17. The highest BCUT2D eigenvalue weighted by atomic mass is 16.6. The van der Waals surface area contributed by atoms with E-state index in [1.807, 2.05) is 0 Å². The molecule has 0 aliphatic heterocycles. The van der Waals surface area contributed by atoms with Crippen LogP contribution in [0, 0.1) is 0 Å². The molecular formula is C14H30O2. The Labute approximate surface area is 102 Å². The summed E-state index contributed by atoms with van der Waals surface area (Å²) in [5, 5.41) is 0.